The monoisotopic (exact) mass is 450 g/mol. The summed E-state index contributed by atoms with van der Waals surface area (Å²) in [7, 11) is 0. The second kappa shape index (κ2) is 8.67. The van der Waals surface area contributed by atoms with Crippen LogP contribution in [0.2, 0.25) is 5.02 Å². The summed E-state index contributed by atoms with van der Waals surface area (Å²) in [5.74, 6) is 0.813. The van der Waals surface area contributed by atoms with Gasteiger partial charge in [0.25, 0.3) is 5.56 Å². The molecule has 2 aliphatic rings. The van der Waals surface area contributed by atoms with E-state index in [0.717, 1.165) is 11.3 Å². The van der Waals surface area contributed by atoms with Crippen LogP contribution in [0, 0.1) is 5.92 Å². The summed E-state index contributed by atoms with van der Waals surface area (Å²) < 4.78 is 7.09. The summed E-state index contributed by atoms with van der Waals surface area (Å²) in [4.78, 5) is 29.7. The predicted octanol–water partition coefficient (Wildman–Crippen LogP) is 2.79. The van der Waals surface area contributed by atoms with E-state index in [2.05, 4.69) is 5.10 Å². The molecule has 0 unspecified atom stereocenters. The van der Waals surface area contributed by atoms with E-state index < -0.39 is 0 Å². The van der Waals surface area contributed by atoms with Crippen molar-refractivity contribution in [2.45, 2.75) is 6.42 Å². The van der Waals surface area contributed by atoms with Gasteiger partial charge in [0, 0.05) is 26.2 Å². The number of fused-ring (bicyclic) bond motifs is 1. The third kappa shape index (κ3) is 3.84. The van der Waals surface area contributed by atoms with Crippen molar-refractivity contribution < 1.29 is 9.53 Å². The van der Waals surface area contributed by atoms with Crippen LogP contribution >= 0.6 is 11.6 Å². The number of amides is 1. The van der Waals surface area contributed by atoms with E-state index in [9.17, 15) is 9.59 Å². The molecule has 1 fully saturated rings. The van der Waals surface area contributed by atoms with Crippen molar-refractivity contribution in [2.24, 2.45) is 5.92 Å². The number of carbonyl (C=O) groups excluding carboxylic acids is 1. The number of hydrogen-bond donors (Lipinski definition) is 0. The van der Waals surface area contributed by atoms with Gasteiger partial charge in [0.2, 0.25) is 5.91 Å². The summed E-state index contributed by atoms with van der Waals surface area (Å²) in [6, 6.07) is 17.1. The molecule has 0 bridgehead atoms. The van der Waals surface area contributed by atoms with Gasteiger partial charge < -0.3 is 14.5 Å². The molecular formula is C24H23ClN4O3. The largest absolute Gasteiger partial charge is 0.492 e. The van der Waals surface area contributed by atoms with Gasteiger partial charge in [-0.15, -0.1) is 0 Å². The van der Waals surface area contributed by atoms with E-state index in [1.807, 2.05) is 64.4 Å². The minimum atomic E-state index is -0.355. The fourth-order valence-electron chi connectivity index (χ4n) is 4.31. The molecule has 8 heteroatoms. The van der Waals surface area contributed by atoms with Crippen LogP contribution < -0.4 is 15.2 Å². The fraction of sp³-hybridized carbons (Fsp3) is 0.292. The molecule has 3 heterocycles. The van der Waals surface area contributed by atoms with Gasteiger partial charge in [-0.2, -0.15) is 9.78 Å². The van der Waals surface area contributed by atoms with Crippen molar-refractivity contribution in [1.29, 1.82) is 0 Å². The average Bonchev–Trinajstić information content (AvgIpc) is 2.85. The van der Waals surface area contributed by atoms with E-state index in [-0.39, 0.29) is 22.4 Å². The van der Waals surface area contributed by atoms with E-state index in [1.165, 1.54) is 4.68 Å². The highest BCUT2D eigenvalue weighted by molar-refractivity contribution is 6.33. The molecule has 0 radical (unpaired) electrons. The van der Waals surface area contributed by atoms with Crippen molar-refractivity contribution in [3.63, 3.8) is 0 Å². The highest BCUT2D eigenvalue weighted by Gasteiger charge is 2.32. The molecule has 1 saturated heterocycles. The normalized spacial score (nSPS) is 18.1. The Morgan fingerprint density at radius 2 is 1.72 bits per heavy atom. The maximum absolute atomic E-state index is 13.1. The predicted molar refractivity (Wildman–Crippen MR) is 123 cm³/mol. The SMILES string of the molecule is O=C([C@@H]1COc2ccccc2C1)N1CCN(c2cnn(-c3ccccc3)c(=O)c2Cl)CC1. The summed E-state index contributed by atoms with van der Waals surface area (Å²) in [5, 5.41) is 4.45. The first-order valence-electron chi connectivity index (χ1n) is 10.7. The van der Waals surface area contributed by atoms with E-state index in [1.54, 1.807) is 6.20 Å². The number of aromatic nitrogens is 2. The fourth-order valence-corrected chi connectivity index (χ4v) is 4.56. The number of para-hydroxylation sites is 2. The first-order chi connectivity index (χ1) is 15.6. The Kier molecular flexibility index (Phi) is 5.57. The summed E-state index contributed by atoms with van der Waals surface area (Å²) in [5.41, 5.74) is 1.99. The molecule has 0 saturated carbocycles. The summed E-state index contributed by atoms with van der Waals surface area (Å²) in [6.45, 7) is 2.71. The number of piperazine rings is 1. The van der Waals surface area contributed by atoms with Crippen molar-refractivity contribution in [3.8, 4) is 11.4 Å². The number of carbonyl (C=O) groups is 1. The van der Waals surface area contributed by atoms with Gasteiger partial charge >= 0.3 is 0 Å². The van der Waals surface area contributed by atoms with Crippen LogP contribution in [0.1, 0.15) is 5.56 Å². The highest BCUT2D eigenvalue weighted by atomic mass is 35.5. The zero-order valence-electron chi connectivity index (χ0n) is 17.5. The second-order valence-electron chi connectivity index (χ2n) is 8.03. The molecule has 1 aromatic heterocycles. The van der Waals surface area contributed by atoms with E-state index >= 15 is 0 Å². The van der Waals surface area contributed by atoms with Gasteiger partial charge in [0.05, 0.1) is 23.5 Å². The number of benzene rings is 2. The molecule has 2 aromatic carbocycles. The van der Waals surface area contributed by atoms with Crippen LogP contribution in [0.15, 0.2) is 65.6 Å². The lowest BCUT2D eigenvalue weighted by Crippen LogP contribution is -2.52. The molecule has 5 rings (SSSR count). The molecule has 3 aromatic rings. The second-order valence-corrected chi connectivity index (χ2v) is 8.41. The van der Waals surface area contributed by atoms with Crippen molar-refractivity contribution in [1.82, 2.24) is 14.7 Å². The lowest BCUT2D eigenvalue weighted by molar-refractivity contribution is -0.137. The lowest BCUT2D eigenvalue weighted by atomic mass is 9.95. The minimum absolute atomic E-state index is 0.114. The maximum atomic E-state index is 13.1. The number of hydrogen-bond acceptors (Lipinski definition) is 5. The van der Waals surface area contributed by atoms with Gasteiger partial charge in [-0.1, -0.05) is 48.0 Å². The van der Waals surface area contributed by atoms with Crippen molar-refractivity contribution in [3.05, 3.63) is 81.7 Å². The van der Waals surface area contributed by atoms with E-state index in [4.69, 9.17) is 16.3 Å². The van der Waals surface area contributed by atoms with Crippen LogP contribution in [0.3, 0.4) is 0 Å². The number of halogens is 1. The smallest absolute Gasteiger partial charge is 0.292 e. The Morgan fingerprint density at radius 3 is 2.50 bits per heavy atom. The first-order valence-corrected chi connectivity index (χ1v) is 11.1. The average molecular weight is 451 g/mol. The van der Waals surface area contributed by atoms with Crippen LogP contribution in [-0.2, 0) is 11.2 Å². The quantitative estimate of drug-likeness (QED) is 0.613. The number of rotatable bonds is 3. The van der Waals surface area contributed by atoms with Crippen molar-refractivity contribution in [2.75, 3.05) is 37.7 Å². The minimum Gasteiger partial charge on any atom is -0.492 e. The molecule has 32 heavy (non-hydrogen) atoms. The zero-order chi connectivity index (χ0) is 22.1. The van der Waals surface area contributed by atoms with Crippen LogP contribution in [0.5, 0.6) is 5.75 Å². The molecule has 1 atom stereocenters. The Balaban J connectivity index is 1.26. The molecule has 0 N–H and O–H groups in total. The highest BCUT2D eigenvalue weighted by Crippen LogP contribution is 2.28. The molecule has 7 nitrogen and oxygen atoms in total. The van der Waals surface area contributed by atoms with Crippen molar-refractivity contribution >= 4 is 23.2 Å². The molecule has 1 amide bonds. The van der Waals surface area contributed by atoms with Gasteiger partial charge in [-0.25, -0.2) is 0 Å². The number of ether oxygens (including phenoxy) is 1. The molecule has 2 aliphatic heterocycles. The number of nitrogens with zero attached hydrogens (tertiary/aromatic N) is 4. The first kappa shape index (κ1) is 20.6. The standard InChI is InChI=1S/C24H23ClN4O3/c25-22-20(15-26-29(24(22)31)19-7-2-1-3-8-19)27-10-12-28(13-11-27)23(30)18-14-17-6-4-5-9-21(17)32-16-18/h1-9,15,18H,10-14,16H2/t18-/m0/s1. The van der Waals surface area contributed by atoms with Crippen LogP contribution in [-0.4, -0.2) is 53.4 Å². The van der Waals surface area contributed by atoms with Gasteiger partial charge in [-0.3, -0.25) is 9.59 Å². The van der Waals surface area contributed by atoms with Gasteiger partial charge in [0.1, 0.15) is 17.4 Å². The molecule has 0 aliphatic carbocycles. The van der Waals surface area contributed by atoms with E-state index in [0.29, 0.717) is 50.6 Å². The Hall–Kier alpha value is -3.32. The molecule has 164 valence electrons. The third-order valence-corrected chi connectivity index (χ3v) is 6.42. The lowest BCUT2D eigenvalue weighted by Gasteiger charge is -2.38. The van der Waals surface area contributed by atoms with Crippen LogP contribution in [0.4, 0.5) is 5.69 Å². The topological polar surface area (TPSA) is 67.7 Å². The van der Waals surface area contributed by atoms with Crippen LogP contribution in [0.25, 0.3) is 5.69 Å². The molecular weight excluding hydrogens is 428 g/mol. The number of anilines is 1. The Labute approximate surface area is 190 Å². The molecule has 0 spiro atoms. The zero-order valence-corrected chi connectivity index (χ0v) is 18.2. The summed E-state index contributed by atoms with van der Waals surface area (Å²) >= 11 is 6.44. The van der Waals surface area contributed by atoms with Gasteiger partial charge in [-0.05, 0) is 30.2 Å². The maximum Gasteiger partial charge on any atom is 0.292 e. The van der Waals surface area contributed by atoms with Gasteiger partial charge in [0.15, 0.2) is 0 Å². The Morgan fingerprint density at radius 1 is 1.00 bits per heavy atom. The Bertz CT molecular complexity index is 1190. The third-order valence-electron chi connectivity index (χ3n) is 6.06. The summed E-state index contributed by atoms with van der Waals surface area (Å²) in [6.07, 6.45) is 2.32.